The molecule has 1 heterocycles. The third-order valence-electron chi connectivity index (χ3n) is 2.46. The fourth-order valence-electron chi connectivity index (χ4n) is 1.48. The Morgan fingerprint density at radius 1 is 1.21 bits per heavy atom. The molecule has 0 aliphatic heterocycles. The normalized spacial score (nSPS) is 11.3. The molecule has 19 heavy (non-hydrogen) atoms. The highest BCUT2D eigenvalue weighted by Crippen LogP contribution is 2.11. The van der Waals surface area contributed by atoms with E-state index >= 15 is 0 Å². The number of sulfone groups is 1. The quantitative estimate of drug-likeness (QED) is 0.862. The summed E-state index contributed by atoms with van der Waals surface area (Å²) in [5.41, 5.74) is 0.867. The number of nitrogens with one attached hydrogen (secondary N) is 1. The van der Waals surface area contributed by atoms with Gasteiger partial charge >= 0.3 is 0 Å². The first-order valence-corrected chi connectivity index (χ1v) is 7.35. The molecular weight excluding hydrogens is 269 g/mol. The molecule has 0 atom stereocenters. The summed E-state index contributed by atoms with van der Waals surface area (Å²) < 4.78 is 35.4. The number of benzene rings is 1. The second-order valence-corrected chi connectivity index (χ2v) is 6.01. The van der Waals surface area contributed by atoms with Crippen LogP contribution >= 0.6 is 0 Å². The maximum Gasteiger partial charge on any atom is 0.217 e. The number of hydrogen-bond acceptors (Lipinski definition) is 5. The van der Waals surface area contributed by atoms with E-state index in [1.54, 1.807) is 12.1 Å². The van der Waals surface area contributed by atoms with Crippen LogP contribution in [0.2, 0.25) is 0 Å². The topological polar surface area (TPSA) is 72.0 Å². The Balaban J connectivity index is 2.05. The molecule has 0 aliphatic carbocycles. The molecule has 0 unspecified atom stereocenters. The van der Waals surface area contributed by atoms with Crippen LogP contribution in [0.1, 0.15) is 5.56 Å². The average Bonchev–Trinajstić information content (AvgIpc) is 2.36. The molecule has 0 spiro atoms. The van der Waals surface area contributed by atoms with Crippen molar-refractivity contribution in [2.45, 2.75) is 11.4 Å². The van der Waals surface area contributed by atoms with Gasteiger partial charge in [-0.25, -0.2) is 18.4 Å². The minimum atomic E-state index is -3.18. The maximum absolute atomic E-state index is 12.8. The highest BCUT2D eigenvalue weighted by atomic mass is 32.2. The summed E-state index contributed by atoms with van der Waals surface area (Å²) in [5.74, 6) is -0.232. The average molecular weight is 281 g/mol. The largest absolute Gasteiger partial charge is 0.366 e. The van der Waals surface area contributed by atoms with Gasteiger partial charge in [-0.3, -0.25) is 0 Å². The maximum atomic E-state index is 12.8. The lowest BCUT2D eigenvalue weighted by Crippen LogP contribution is -2.03. The number of rotatable bonds is 4. The van der Waals surface area contributed by atoms with Crippen LogP contribution in [0, 0.1) is 5.95 Å². The van der Waals surface area contributed by atoms with E-state index in [-0.39, 0.29) is 4.90 Å². The van der Waals surface area contributed by atoms with Gasteiger partial charge in [0.05, 0.1) is 4.90 Å². The molecule has 0 radical (unpaired) electrons. The van der Waals surface area contributed by atoms with Gasteiger partial charge in [-0.15, -0.1) is 0 Å². The van der Waals surface area contributed by atoms with Crippen LogP contribution in [0.4, 0.5) is 10.2 Å². The molecule has 100 valence electrons. The Kier molecular flexibility index (Phi) is 3.75. The predicted octanol–water partition coefficient (Wildman–Crippen LogP) is 1.63. The van der Waals surface area contributed by atoms with Crippen molar-refractivity contribution in [2.75, 3.05) is 11.6 Å². The van der Waals surface area contributed by atoms with Crippen LogP contribution in [0.5, 0.6) is 0 Å². The Morgan fingerprint density at radius 3 is 2.47 bits per heavy atom. The molecule has 1 N–H and O–H groups in total. The Bertz CT molecular complexity index is 672. The zero-order valence-electron chi connectivity index (χ0n) is 10.2. The zero-order valence-corrected chi connectivity index (χ0v) is 11.0. The van der Waals surface area contributed by atoms with Crippen LogP contribution < -0.4 is 5.32 Å². The molecule has 0 saturated carbocycles. The van der Waals surface area contributed by atoms with E-state index in [9.17, 15) is 12.8 Å². The number of hydrogen-bond donors (Lipinski definition) is 1. The van der Waals surface area contributed by atoms with Crippen LogP contribution in [-0.4, -0.2) is 24.6 Å². The van der Waals surface area contributed by atoms with Crippen LogP contribution in [0.15, 0.2) is 41.6 Å². The summed E-state index contributed by atoms with van der Waals surface area (Å²) in [6.07, 6.45) is 2.29. The summed E-state index contributed by atoms with van der Waals surface area (Å²) in [5, 5.41) is 2.92. The van der Waals surface area contributed by atoms with Crippen molar-refractivity contribution in [2.24, 2.45) is 0 Å². The van der Waals surface area contributed by atoms with Crippen LogP contribution in [0.25, 0.3) is 0 Å². The molecule has 0 amide bonds. The number of anilines is 1. The number of aromatic nitrogens is 2. The van der Waals surface area contributed by atoms with Crippen molar-refractivity contribution < 1.29 is 12.8 Å². The first-order valence-electron chi connectivity index (χ1n) is 5.45. The van der Waals surface area contributed by atoms with Gasteiger partial charge in [0, 0.05) is 18.9 Å². The van der Waals surface area contributed by atoms with Crippen molar-refractivity contribution in [3.63, 3.8) is 0 Å². The Morgan fingerprint density at radius 2 is 1.89 bits per heavy atom. The fourth-order valence-corrected chi connectivity index (χ4v) is 2.11. The predicted molar refractivity (Wildman–Crippen MR) is 68.9 cm³/mol. The fraction of sp³-hybridized carbons (Fsp3) is 0.167. The van der Waals surface area contributed by atoms with Crippen molar-refractivity contribution in [3.8, 4) is 0 Å². The van der Waals surface area contributed by atoms with Crippen molar-refractivity contribution in [1.82, 2.24) is 9.97 Å². The van der Waals surface area contributed by atoms with Gasteiger partial charge in [-0.05, 0) is 17.7 Å². The second-order valence-electron chi connectivity index (χ2n) is 4.00. The Hall–Kier alpha value is -2.02. The molecule has 0 fully saturated rings. The highest BCUT2D eigenvalue weighted by Gasteiger charge is 2.06. The molecule has 5 nitrogen and oxygen atoms in total. The van der Waals surface area contributed by atoms with E-state index in [0.717, 1.165) is 18.1 Å². The van der Waals surface area contributed by atoms with Gasteiger partial charge in [0.1, 0.15) is 12.1 Å². The standard InChI is InChI=1S/C12H12FN3O2S/c1-19(17,18)10-4-2-9(3-5-10)7-14-12-6-11(13)15-8-16-12/h2-6,8H,7H2,1H3,(H,14,15,16). The van der Waals surface area contributed by atoms with Crippen molar-refractivity contribution in [1.29, 1.82) is 0 Å². The molecule has 0 aliphatic rings. The second kappa shape index (κ2) is 5.31. The minimum absolute atomic E-state index is 0.268. The summed E-state index contributed by atoms with van der Waals surface area (Å²) in [6, 6.07) is 7.65. The van der Waals surface area contributed by atoms with Crippen LogP contribution in [-0.2, 0) is 16.4 Å². The molecule has 1 aromatic heterocycles. The monoisotopic (exact) mass is 281 g/mol. The molecule has 7 heteroatoms. The lowest BCUT2D eigenvalue weighted by molar-refractivity contribution is 0.580. The first-order chi connectivity index (χ1) is 8.95. The van der Waals surface area contributed by atoms with Gasteiger partial charge < -0.3 is 5.32 Å². The molecule has 0 bridgehead atoms. The molecule has 2 rings (SSSR count). The van der Waals surface area contributed by atoms with E-state index < -0.39 is 15.8 Å². The summed E-state index contributed by atoms with van der Waals surface area (Å²) in [6.45, 7) is 0.417. The van der Waals surface area contributed by atoms with Gasteiger partial charge in [0.25, 0.3) is 0 Å². The number of nitrogens with zero attached hydrogens (tertiary/aromatic N) is 2. The molecule has 1 aromatic carbocycles. The first kappa shape index (κ1) is 13.4. The van der Waals surface area contributed by atoms with E-state index in [1.165, 1.54) is 18.2 Å². The molecule has 2 aromatic rings. The third kappa shape index (κ3) is 3.72. The van der Waals surface area contributed by atoms with Gasteiger partial charge in [-0.2, -0.15) is 4.39 Å². The smallest absolute Gasteiger partial charge is 0.217 e. The minimum Gasteiger partial charge on any atom is -0.366 e. The van der Waals surface area contributed by atoms with Gasteiger partial charge in [0.15, 0.2) is 9.84 Å². The van der Waals surface area contributed by atoms with Crippen molar-refractivity contribution >= 4 is 15.7 Å². The molecule has 0 saturated heterocycles. The van der Waals surface area contributed by atoms with Gasteiger partial charge in [0.2, 0.25) is 5.95 Å². The van der Waals surface area contributed by atoms with E-state index in [0.29, 0.717) is 12.4 Å². The summed E-state index contributed by atoms with van der Waals surface area (Å²) in [4.78, 5) is 7.47. The molecular formula is C12H12FN3O2S. The number of halogens is 1. The van der Waals surface area contributed by atoms with E-state index in [4.69, 9.17) is 0 Å². The van der Waals surface area contributed by atoms with E-state index in [1.807, 2.05) is 0 Å². The lowest BCUT2D eigenvalue weighted by atomic mass is 10.2. The Labute approximate surface area is 110 Å². The van der Waals surface area contributed by atoms with Crippen molar-refractivity contribution in [3.05, 3.63) is 48.2 Å². The van der Waals surface area contributed by atoms with E-state index in [2.05, 4.69) is 15.3 Å². The highest BCUT2D eigenvalue weighted by molar-refractivity contribution is 7.90. The summed E-state index contributed by atoms with van der Waals surface area (Å²) >= 11 is 0. The zero-order chi connectivity index (χ0) is 13.9. The third-order valence-corrected chi connectivity index (χ3v) is 3.59. The SMILES string of the molecule is CS(=O)(=O)c1ccc(CNc2cc(F)ncn2)cc1. The summed E-state index contributed by atoms with van der Waals surface area (Å²) in [7, 11) is -3.18. The van der Waals surface area contributed by atoms with Gasteiger partial charge in [-0.1, -0.05) is 12.1 Å². The van der Waals surface area contributed by atoms with Crippen LogP contribution in [0.3, 0.4) is 0 Å². The lowest BCUT2D eigenvalue weighted by Gasteiger charge is -2.06.